The van der Waals surface area contributed by atoms with Gasteiger partial charge in [0.25, 0.3) is 0 Å². The van der Waals surface area contributed by atoms with Gasteiger partial charge in [0.1, 0.15) is 12.2 Å². The highest BCUT2D eigenvalue weighted by Crippen LogP contribution is 2.37. The van der Waals surface area contributed by atoms with E-state index in [2.05, 4.69) is 0 Å². The third kappa shape index (κ3) is 2.98. The first-order chi connectivity index (χ1) is 7.82. The second kappa shape index (κ2) is 5.63. The van der Waals surface area contributed by atoms with Crippen molar-refractivity contribution in [2.24, 2.45) is 11.3 Å². The molecule has 102 valence electrons. The number of methoxy groups -OCH3 is 1. The molecule has 0 spiro atoms. The van der Waals surface area contributed by atoms with Crippen LogP contribution in [-0.4, -0.2) is 60.1 Å². The smallest absolute Gasteiger partial charge is 0.109 e. The van der Waals surface area contributed by atoms with Crippen LogP contribution in [0.15, 0.2) is 0 Å². The average Bonchev–Trinajstić information content (AvgIpc) is 2.59. The minimum absolute atomic E-state index is 0.0662. The van der Waals surface area contributed by atoms with Gasteiger partial charge >= 0.3 is 0 Å². The first-order valence-electron chi connectivity index (χ1n) is 5.97. The molecule has 5 nitrogen and oxygen atoms in total. The third-order valence-corrected chi connectivity index (χ3v) is 3.62. The minimum atomic E-state index is -0.950. The van der Waals surface area contributed by atoms with Gasteiger partial charge in [0.05, 0.1) is 25.4 Å². The van der Waals surface area contributed by atoms with E-state index < -0.39 is 29.8 Å². The first kappa shape index (κ1) is 14.9. The van der Waals surface area contributed by atoms with Crippen LogP contribution >= 0.6 is 0 Å². The third-order valence-electron chi connectivity index (χ3n) is 3.62. The minimum Gasteiger partial charge on any atom is -0.392 e. The molecule has 0 aromatic carbocycles. The average molecular weight is 248 g/mol. The maximum absolute atomic E-state index is 10.3. The quantitative estimate of drug-likeness (QED) is 0.627. The van der Waals surface area contributed by atoms with Crippen molar-refractivity contribution < 1.29 is 24.8 Å². The van der Waals surface area contributed by atoms with Crippen LogP contribution in [0.3, 0.4) is 0 Å². The van der Waals surface area contributed by atoms with Crippen molar-refractivity contribution in [3.63, 3.8) is 0 Å². The van der Waals surface area contributed by atoms with E-state index in [1.165, 1.54) is 0 Å². The molecule has 5 atom stereocenters. The highest BCUT2D eigenvalue weighted by Gasteiger charge is 2.48. The molecule has 1 heterocycles. The summed E-state index contributed by atoms with van der Waals surface area (Å²) in [5.41, 5.74) is -0.644. The lowest BCUT2D eigenvalue weighted by atomic mass is 9.74. The van der Waals surface area contributed by atoms with Crippen molar-refractivity contribution in [3.05, 3.63) is 0 Å². The maximum Gasteiger partial charge on any atom is 0.109 e. The molecule has 1 fully saturated rings. The second-order valence-electron chi connectivity index (χ2n) is 5.51. The molecule has 1 saturated heterocycles. The number of ether oxygens (including phenoxy) is 2. The molecule has 5 heteroatoms. The first-order valence-corrected chi connectivity index (χ1v) is 5.97. The molecule has 1 aliphatic rings. The molecule has 0 bridgehead atoms. The van der Waals surface area contributed by atoms with Crippen LogP contribution in [0, 0.1) is 11.3 Å². The Morgan fingerprint density at radius 2 is 2.00 bits per heavy atom. The van der Waals surface area contributed by atoms with E-state index in [1.807, 2.05) is 20.8 Å². The van der Waals surface area contributed by atoms with E-state index in [1.54, 1.807) is 7.11 Å². The van der Waals surface area contributed by atoms with Gasteiger partial charge in [-0.2, -0.15) is 0 Å². The highest BCUT2D eigenvalue weighted by molar-refractivity contribution is 4.97. The summed E-state index contributed by atoms with van der Waals surface area (Å²) in [6.45, 7) is 6.09. The fourth-order valence-corrected chi connectivity index (χ4v) is 2.51. The van der Waals surface area contributed by atoms with Gasteiger partial charge in [0, 0.05) is 18.4 Å². The zero-order valence-corrected chi connectivity index (χ0v) is 11.0. The van der Waals surface area contributed by atoms with Gasteiger partial charge in [-0.15, -0.1) is 0 Å². The second-order valence-corrected chi connectivity index (χ2v) is 5.51. The molecule has 0 amide bonds. The van der Waals surface area contributed by atoms with E-state index >= 15 is 0 Å². The van der Waals surface area contributed by atoms with E-state index in [0.29, 0.717) is 6.61 Å². The predicted molar refractivity (Wildman–Crippen MR) is 62.6 cm³/mol. The maximum atomic E-state index is 10.3. The Bertz CT molecular complexity index is 243. The summed E-state index contributed by atoms with van der Waals surface area (Å²) in [6.07, 6.45) is -3.06. The normalized spacial score (nSPS) is 33.7. The summed E-state index contributed by atoms with van der Waals surface area (Å²) in [6, 6.07) is 0. The summed E-state index contributed by atoms with van der Waals surface area (Å²) in [5, 5.41) is 29.6. The zero-order chi connectivity index (χ0) is 13.2. The number of hydrogen-bond donors (Lipinski definition) is 3. The van der Waals surface area contributed by atoms with E-state index in [0.717, 1.165) is 0 Å². The van der Waals surface area contributed by atoms with Gasteiger partial charge in [-0.1, -0.05) is 20.8 Å². The van der Waals surface area contributed by atoms with Gasteiger partial charge in [-0.05, 0) is 0 Å². The standard InChI is InChI=1S/C12H24O5/c1-7(5-16-4)10(15)12(2,3)11-9(14)8(13)6-17-11/h7-11,13-15H,5-6H2,1-4H3. The monoisotopic (exact) mass is 248 g/mol. The van der Waals surface area contributed by atoms with Crippen molar-refractivity contribution in [3.8, 4) is 0 Å². The van der Waals surface area contributed by atoms with Crippen molar-refractivity contribution in [2.45, 2.75) is 45.2 Å². The fourth-order valence-electron chi connectivity index (χ4n) is 2.51. The Balaban J connectivity index is 2.72. The Morgan fingerprint density at radius 3 is 2.41 bits per heavy atom. The summed E-state index contributed by atoms with van der Waals surface area (Å²) < 4.78 is 10.4. The van der Waals surface area contributed by atoms with Gasteiger partial charge in [0.2, 0.25) is 0 Å². The summed E-state index contributed by atoms with van der Waals surface area (Å²) in [7, 11) is 1.58. The Morgan fingerprint density at radius 1 is 1.41 bits per heavy atom. The van der Waals surface area contributed by atoms with Crippen LogP contribution in [0.4, 0.5) is 0 Å². The Hall–Kier alpha value is -0.200. The van der Waals surface area contributed by atoms with E-state index in [-0.39, 0.29) is 12.5 Å². The highest BCUT2D eigenvalue weighted by atomic mass is 16.5. The molecular weight excluding hydrogens is 224 g/mol. The van der Waals surface area contributed by atoms with Crippen molar-refractivity contribution in [1.82, 2.24) is 0 Å². The number of aliphatic hydroxyl groups is 3. The lowest BCUT2D eigenvalue weighted by Gasteiger charge is -2.39. The van der Waals surface area contributed by atoms with Gasteiger partial charge < -0.3 is 24.8 Å². The van der Waals surface area contributed by atoms with Crippen molar-refractivity contribution in [2.75, 3.05) is 20.3 Å². The van der Waals surface area contributed by atoms with Gasteiger partial charge in [-0.3, -0.25) is 0 Å². The lowest BCUT2D eigenvalue weighted by Crippen LogP contribution is -2.49. The van der Waals surface area contributed by atoms with Crippen LogP contribution in [0.25, 0.3) is 0 Å². The van der Waals surface area contributed by atoms with Crippen LogP contribution < -0.4 is 0 Å². The summed E-state index contributed by atoms with van der Waals surface area (Å²) >= 11 is 0. The molecule has 0 aliphatic carbocycles. The molecule has 5 unspecified atom stereocenters. The fraction of sp³-hybridized carbons (Fsp3) is 1.00. The van der Waals surface area contributed by atoms with Crippen molar-refractivity contribution >= 4 is 0 Å². The molecular formula is C12H24O5. The van der Waals surface area contributed by atoms with Crippen LogP contribution in [0.5, 0.6) is 0 Å². The molecule has 0 aromatic rings. The summed E-state index contributed by atoms with van der Waals surface area (Å²) in [4.78, 5) is 0. The SMILES string of the molecule is COCC(C)C(O)C(C)(C)C1OCC(O)C1O. The van der Waals surface area contributed by atoms with E-state index in [9.17, 15) is 15.3 Å². The Labute approximate surface area is 102 Å². The van der Waals surface area contributed by atoms with Crippen molar-refractivity contribution in [1.29, 1.82) is 0 Å². The number of hydrogen-bond acceptors (Lipinski definition) is 5. The predicted octanol–water partition coefficient (Wildman–Crippen LogP) is -0.223. The Kier molecular flexibility index (Phi) is 4.92. The zero-order valence-electron chi connectivity index (χ0n) is 11.0. The summed E-state index contributed by atoms with van der Waals surface area (Å²) in [5.74, 6) is -0.0662. The molecule has 1 aliphatic heterocycles. The van der Waals surface area contributed by atoms with Crippen LogP contribution in [0.1, 0.15) is 20.8 Å². The number of rotatable bonds is 5. The molecule has 0 radical (unpaired) electrons. The molecule has 0 aromatic heterocycles. The van der Waals surface area contributed by atoms with Crippen LogP contribution in [0.2, 0.25) is 0 Å². The largest absolute Gasteiger partial charge is 0.392 e. The molecule has 3 N–H and O–H groups in total. The number of aliphatic hydroxyl groups excluding tert-OH is 3. The van der Waals surface area contributed by atoms with Crippen LogP contribution in [-0.2, 0) is 9.47 Å². The molecule has 17 heavy (non-hydrogen) atoms. The molecule has 1 rings (SSSR count). The lowest BCUT2D eigenvalue weighted by molar-refractivity contribution is -0.116. The topological polar surface area (TPSA) is 79.2 Å². The van der Waals surface area contributed by atoms with Gasteiger partial charge in [0.15, 0.2) is 0 Å². The molecule has 0 saturated carbocycles. The van der Waals surface area contributed by atoms with E-state index in [4.69, 9.17) is 9.47 Å². The van der Waals surface area contributed by atoms with Gasteiger partial charge in [-0.25, -0.2) is 0 Å².